The van der Waals surface area contributed by atoms with Gasteiger partial charge in [0, 0.05) is 49.9 Å². The number of rotatable bonds is 6. The minimum atomic E-state index is 0.761. The lowest BCUT2D eigenvalue weighted by atomic mass is 10.1. The van der Waals surface area contributed by atoms with Gasteiger partial charge in [0.2, 0.25) is 0 Å². The fourth-order valence-corrected chi connectivity index (χ4v) is 2.50. The molecule has 0 atom stereocenters. The van der Waals surface area contributed by atoms with Crippen molar-refractivity contribution >= 4 is 0 Å². The molecule has 0 saturated heterocycles. The van der Waals surface area contributed by atoms with Gasteiger partial charge < -0.3 is 10.1 Å². The smallest absolute Gasteiger partial charge is 0.118 e. The predicted octanol–water partition coefficient (Wildman–Crippen LogP) is 2.78. The molecule has 0 radical (unpaired) electrons. The highest BCUT2D eigenvalue weighted by atomic mass is 16.5. The summed E-state index contributed by atoms with van der Waals surface area (Å²) < 4.78 is 7.02. The van der Waals surface area contributed by atoms with Crippen molar-refractivity contribution in [3.8, 4) is 17.0 Å². The van der Waals surface area contributed by atoms with Crippen molar-refractivity contribution in [2.45, 2.75) is 13.1 Å². The Bertz CT molecular complexity index is 750. The summed E-state index contributed by atoms with van der Waals surface area (Å²) in [6, 6.07) is 12.1. The molecule has 0 fully saturated rings. The average Bonchev–Trinajstić information content (AvgIpc) is 2.97. The van der Waals surface area contributed by atoms with Crippen LogP contribution in [0.1, 0.15) is 11.1 Å². The highest BCUT2D eigenvalue weighted by Gasteiger charge is 2.09. The van der Waals surface area contributed by atoms with Gasteiger partial charge in [0.1, 0.15) is 5.75 Å². The SMILES string of the molecule is COc1ccc(CNCc2cn(C)nc2-c2ccncc2)cc1. The maximum atomic E-state index is 5.17. The molecule has 0 unspecified atom stereocenters. The fraction of sp³-hybridized carbons (Fsp3) is 0.222. The van der Waals surface area contributed by atoms with E-state index in [1.54, 1.807) is 19.5 Å². The standard InChI is InChI=1S/C18H20N4O/c1-22-13-16(18(21-22)15-7-9-19-10-8-15)12-20-11-14-3-5-17(23-2)6-4-14/h3-10,13,20H,11-12H2,1-2H3. The predicted molar refractivity (Wildman–Crippen MR) is 90.0 cm³/mol. The second-order valence-corrected chi connectivity index (χ2v) is 5.36. The van der Waals surface area contributed by atoms with E-state index in [1.807, 2.05) is 36.0 Å². The lowest BCUT2D eigenvalue weighted by Gasteiger charge is -2.06. The van der Waals surface area contributed by atoms with Gasteiger partial charge in [-0.3, -0.25) is 9.67 Å². The molecule has 0 bridgehead atoms. The molecule has 5 nitrogen and oxygen atoms in total. The second kappa shape index (κ2) is 7.07. The minimum absolute atomic E-state index is 0.761. The van der Waals surface area contributed by atoms with E-state index in [1.165, 1.54) is 11.1 Å². The zero-order valence-corrected chi connectivity index (χ0v) is 13.4. The molecule has 0 aliphatic carbocycles. The van der Waals surface area contributed by atoms with Gasteiger partial charge >= 0.3 is 0 Å². The maximum absolute atomic E-state index is 5.17. The van der Waals surface area contributed by atoms with E-state index in [0.717, 1.165) is 30.1 Å². The van der Waals surface area contributed by atoms with E-state index in [0.29, 0.717) is 0 Å². The van der Waals surface area contributed by atoms with Crippen LogP contribution in [0.2, 0.25) is 0 Å². The van der Waals surface area contributed by atoms with Gasteiger partial charge in [0.25, 0.3) is 0 Å². The molecule has 23 heavy (non-hydrogen) atoms. The number of aryl methyl sites for hydroxylation is 1. The molecule has 0 amide bonds. The summed E-state index contributed by atoms with van der Waals surface area (Å²) in [5, 5.41) is 8.03. The van der Waals surface area contributed by atoms with E-state index in [-0.39, 0.29) is 0 Å². The molecule has 2 aromatic heterocycles. The number of hydrogen-bond donors (Lipinski definition) is 1. The van der Waals surface area contributed by atoms with Gasteiger partial charge in [-0.25, -0.2) is 0 Å². The number of nitrogens with one attached hydrogen (secondary N) is 1. The normalized spacial score (nSPS) is 10.7. The van der Waals surface area contributed by atoms with Crippen molar-refractivity contribution in [3.05, 3.63) is 66.1 Å². The van der Waals surface area contributed by atoms with E-state index < -0.39 is 0 Å². The first-order valence-corrected chi connectivity index (χ1v) is 7.53. The Kier molecular flexibility index (Phi) is 4.68. The van der Waals surface area contributed by atoms with Crippen LogP contribution in [0.4, 0.5) is 0 Å². The quantitative estimate of drug-likeness (QED) is 0.761. The minimum Gasteiger partial charge on any atom is -0.497 e. The van der Waals surface area contributed by atoms with E-state index in [2.05, 4.69) is 33.7 Å². The summed E-state index contributed by atoms with van der Waals surface area (Å²) >= 11 is 0. The van der Waals surface area contributed by atoms with Gasteiger partial charge in [0.05, 0.1) is 12.8 Å². The number of methoxy groups -OCH3 is 1. The van der Waals surface area contributed by atoms with E-state index in [4.69, 9.17) is 4.74 Å². The van der Waals surface area contributed by atoms with E-state index in [9.17, 15) is 0 Å². The Labute approximate surface area is 135 Å². The topological polar surface area (TPSA) is 52.0 Å². The fourth-order valence-electron chi connectivity index (χ4n) is 2.50. The Hall–Kier alpha value is -2.66. The Morgan fingerprint density at radius 3 is 2.48 bits per heavy atom. The molecule has 0 spiro atoms. The first kappa shape index (κ1) is 15.2. The summed E-state index contributed by atoms with van der Waals surface area (Å²) in [5.41, 5.74) is 4.48. The summed E-state index contributed by atoms with van der Waals surface area (Å²) in [6.45, 7) is 1.56. The lowest BCUT2D eigenvalue weighted by Crippen LogP contribution is -2.12. The Morgan fingerprint density at radius 2 is 1.78 bits per heavy atom. The van der Waals surface area contributed by atoms with Crippen LogP contribution in [-0.4, -0.2) is 21.9 Å². The highest BCUT2D eigenvalue weighted by Crippen LogP contribution is 2.21. The van der Waals surface area contributed by atoms with Crippen LogP contribution in [0.5, 0.6) is 5.75 Å². The molecule has 118 valence electrons. The molecular weight excluding hydrogens is 288 g/mol. The van der Waals surface area contributed by atoms with Crippen LogP contribution >= 0.6 is 0 Å². The van der Waals surface area contributed by atoms with Crippen molar-refractivity contribution in [1.82, 2.24) is 20.1 Å². The van der Waals surface area contributed by atoms with Crippen molar-refractivity contribution in [3.63, 3.8) is 0 Å². The average molecular weight is 308 g/mol. The molecule has 0 saturated carbocycles. The molecule has 0 aliphatic rings. The van der Waals surface area contributed by atoms with Gasteiger partial charge in [-0.2, -0.15) is 5.10 Å². The van der Waals surface area contributed by atoms with Crippen molar-refractivity contribution in [2.75, 3.05) is 7.11 Å². The van der Waals surface area contributed by atoms with Crippen molar-refractivity contribution < 1.29 is 4.74 Å². The molecule has 3 rings (SSSR count). The molecule has 1 N–H and O–H groups in total. The van der Waals surface area contributed by atoms with Crippen LogP contribution in [0.25, 0.3) is 11.3 Å². The number of ether oxygens (including phenoxy) is 1. The molecule has 3 aromatic rings. The Morgan fingerprint density at radius 1 is 1.04 bits per heavy atom. The molecule has 5 heteroatoms. The zero-order valence-electron chi connectivity index (χ0n) is 13.4. The number of benzene rings is 1. The summed E-state index contributed by atoms with van der Waals surface area (Å²) in [4.78, 5) is 4.06. The molecular formula is C18H20N4O. The van der Waals surface area contributed by atoms with Gasteiger partial charge in [0.15, 0.2) is 0 Å². The monoisotopic (exact) mass is 308 g/mol. The third kappa shape index (κ3) is 3.76. The third-order valence-electron chi connectivity index (χ3n) is 3.66. The van der Waals surface area contributed by atoms with Crippen molar-refractivity contribution in [2.24, 2.45) is 7.05 Å². The highest BCUT2D eigenvalue weighted by molar-refractivity contribution is 5.61. The van der Waals surface area contributed by atoms with Crippen LogP contribution in [0, 0.1) is 0 Å². The summed E-state index contributed by atoms with van der Waals surface area (Å²) in [5.74, 6) is 0.876. The Balaban J connectivity index is 1.66. The van der Waals surface area contributed by atoms with Crippen LogP contribution in [-0.2, 0) is 20.1 Å². The lowest BCUT2D eigenvalue weighted by molar-refractivity contribution is 0.414. The number of nitrogens with zero attached hydrogens (tertiary/aromatic N) is 3. The van der Waals surface area contributed by atoms with Crippen LogP contribution in [0.15, 0.2) is 55.0 Å². The van der Waals surface area contributed by atoms with Crippen molar-refractivity contribution in [1.29, 1.82) is 0 Å². The largest absolute Gasteiger partial charge is 0.497 e. The van der Waals surface area contributed by atoms with Crippen LogP contribution in [0.3, 0.4) is 0 Å². The van der Waals surface area contributed by atoms with Gasteiger partial charge in [-0.05, 0) is 29.8 Å². The third-order valence-corrected chi connectivity index (χ3v) is 3.66. The number of hydrogen-bond acceptors (Lipinski definition) is 4. The second-order valence-electron chi connectivity index (χ2n) is 5.36. The first-order valence-electron chi connectivity index (χ1n) is 7.53. The molecule has 1 aromatic carbocycles. The van der Waals surface area contributed by atoms with Gasteiger partial charge in [-0.1, -0.05) is 12.1 Å². The number of aromatic nitrogens is 3. The van der Waals surface area contributed by atoms with Gasteiger partial charge in [-0.15, -0.1) is 0 Å². The summed E-state index contributed by atoms with van der Waals surface area (Å²) in [7, 11) is 3.62. The van der Waals surface area contributed by atoms with E-state index >= 15 is 0 Å². The first-order chi connectivity index (χ1) is 11.3. The molecule has 0 aliphatic heterocycles. The number of pyridine rings is 1. The van der Waals surface area contributed by atoms with Crippen LogP contribution < -0.4 is 10.1 Å². The zero-order chi connectivity index (χ0) is 16.1. The summed E-state index contributed by atoms with van der Waals surface area (Å²) in [6.07, 6.45) is 5.63. The maximum Gasteiger partial charge on any atom is 0.118 e. The molecule has 2 heterocycles.